The van der Waals surface area contributed by atoms with Crippen LogP contribution in [0.25, 0.3) is 11.3 Å². The van der Waals surface area contributed by atoms with Gasteiger partial charge in [0, 0.05) is 11.4 Å². The third-order valence-corrected chi connectivity index (χ3v) is 3.79. The molecule has 120 valence electrons. The molecule has 24 heavy (non-hydrogen) atoms. The molecule has 0 spiro atoms. The average molecular weight is 318 g/mol. The number of amides is 1. The van der Waals surface area contributed by atoms with E-state index in [1.807, 2.05) is 56.3 Å². The molecule has 0 radical (unpaired) electrons. The SMILES string of the molecule is Cc1ccc(-c2ccc(C(=O)Nc3cccc(C)c3)c(=O)[nH]2)cc1. The van der Waals surface area contributed by atoms with E-state index in [0.29, 0.717) is 11.4 Å². The van der Waals surface area contributed by atoms with Crippen LogP contribution < -0.4 is 10.9 Å². The van der Waals surface area contributed by atoms with Crippen molar-refractivity contribution in [3.63, 3.8) is 0 Å². The smallest absolute Gasteiger partial charge is 0.261 e. The van der Waals surface area contributed by atoms with Gasteiger partial charge in [-0.15, -0.1) is 0 Å². The minimum Gasteiger partial charge on any atom is -0.322 e. The third-order valence-electron chi connectivity index (χ3n) is 3.79. The van der Waals surface area contributed by atoms with Crippen LogP contribution in [0.1, 0.15) is 21.5 Å². The maximum atomic E-state index is 12.3. The normalized spacial score (nSPS) is 10.4. The second-order valence-corrected chi connectivity index (χ2v) is 5.80. The fourth-order valence-corrected chi connectivity index (χ4v) is 2.48. The lowest BCUT2D eigenvalue weighted by atomic mass is 10.1. The van der Waals surface area contributed by atoms with Gasteiger partial charge in [0.2, 0.25) is 0 Å². The molecule has 1 heterocycles. The predicted molar refractivity (Wildman–Crippen MR) is 96.4 cm³/mol. The van der Waals surface area contributed by atoms with Crippen molar-refractivity contribution >= 4 is 11.6 Å². The van der Waals surface area contributed by atoms with Gasteiger partial charge >= 0.3 is 0 Å². The Kier molecular flexibility index (Phi) is 4.29. The minimum atomic E-state index is -0.419. The zero-order chi connectivity index (χ0) is 17.1. The number of aryl methyl sites for hydroxylation is 2. The molecule has 0 aliphatic carbocycles. The van der Waals surface area contributed by atoms with Crippen LogP contribution in [0.5, 0.6) is 0 Å². The lowest BCUT2D eigenvalue weighted by Gasteiger charge is -2.07. The van der Waals surface area contributed by atoms with Crippen LogP contribution in [0.15, 0.2) is 65.5 Å². The largest absolute Gasteiger partial charge is 0.322 e. The first-order chi connectivity index (χ1) is 11.5. The van der Waals surface area contributed by atoms with Crippen LogP contribution in [0.3, 0.4) is 0 Å². The van der Waals surface area contributed by atoms with E-state index in [0.717, 1.165) is 16.7 Å². The lowest BCUT2D eigenvalue weighted by Crippen LogP contribution is -2.23. The van der Waals surface area contributed by atoms with E-state index in [2.05, 4.69) is 10.3 Å². The number of aromatic nitrogens is 1. The first-order valence-corrected chi connectivity index (χ1v) is 7.71. The van der Waals surface area contributed by atoms with Crippen LogP contribution in [-0.4, -0.2) is 10.9 Å². The number of benzene rings is 2. The first kappa shape index (κ1) is 15.7. The summed E-state index contributed by atoms with van der Waals surface area (Å²) in [6.07, 6.45) is 0. The van der Waals surface area contributed by atoms with Crippen molar-refractivity contribution in [2.45, 2.75) is 13.8 Å². The second kappa shape index (κ2) is 6.54. The van der Waals surface area contributed by atoms with Crippen molar-refractivity contribution in [1.82, 2.24) is 4.98 Å². The number of anilines is 1. The monoisotopic (exact) mass is 318 g/mol. The first-order valence-electron chi connectivity index (χ1n) is 7.71. The molecule has 4 nitrogen and oxygen atoms in total. The number of rotatable bonds is 3. The van der Waals surface area contributed by atoms with Gasteiger partial charge in [0.05, 0.1) is 0 Å². The summed E-state index contributed by atoms with van der Waals surface area (Å²) < 4.78 is 0. The fourth-order valence-electron chi connectivity index (χ4n) is 2.48. The number of carbonyl (C=O) groups excluding carboxylic acids is 1. The van der Waals surface area contributed by atoms with Crippen LogP contribution >= 0.6 is 0 Å². The summed E-state index contributed by atoms with van der Waals surface area (Å²) in [6.45, 7) is 3.95. The molecule has 3 aromatic rings. The fraction of sp³-hybridized carbons (Fsp3) is 0.100. The second-order valence-electron chi connectivity index (χ2n) is 5.80. The summed E-state index contributed by atoms with van der Waals surface area (Å²) in [5.74, 6) is -0.419. The maximum Gasteiger partial charge on any atom is 0.261 e. The molecule has 0 bridgehead atoms. The maximum absolute atomic E-state index is 12.3. The molecule has 0 atom stereocenters. The Morgan fingerprint density at radius 3 is 2.33 bits per heavy atom. The van der Waals surface area contributed by atoms with Crippen molar-refractivity contribution in [2.75, 3.05) is 5.32 Å². The molecule has 0 fully saturated rings. The van der Waals surface area contributed by atoms with Crippen molar-refractivity contribution in [3.8, 4) is 11.3 Å². The van der Waals surface area contributed by atoms with Crippen LogP contribution in [0, 0.1) is 13.8 Å². The highest BCUT2D eigenvalue weighted by Gasteiger charge is 2.12. The van der Waals surface area contributed by atoms with Gasteiger partial charge in [-0.1, -0.05) is 42.0 Å². The Labute approximate surface area is 140 Å². The summed E-state index contributed by atoms with van der Waals surface area (Å²) >= 11 is 0. The number of hydrogen-bond acceptors (Lipinski definition) is 2. The molecule has 1 amide bonds. The molecule has 1 aromatic heterocycles. The van der Waals surface area contributed by atoms with Gasteiger partial charge in [-0.05, 0) is 49.2 Å². The topological polar surface area (TPSA) is 62.0 Å². The molecular weight excluding hydrogens is 300 g/mol. The third kappa shape index (κ3) is 3.43. The van der Waals surface area contributed by atoms with Gasteiger partial charge < -0.3 is 10.3 Å². The highest BCUT2D eigenvalue weighted by Crippen LogP contribution is 2.17. The van der Waals surface area contributed by atoms with E-state index in [1.165, 1.54) is 0 Å². The van der Waals surface area contributed by atoms with E-state index in [4.69, 9.17) is 0 Å². The van der Waals surface area contributed by atoms with Crippen molar-refractivity contribution in [1.29, 1.82) is 0 Å². The quantitative estimate of drug-likeness (QED) is 0.769. The summed E-state index contributed by atoms with van der Waals surface area (Å²) in [5, 5.41) is 2.75. The lowest BCUT2D eigenvalue weighted by molar-refractivity contribution is 0.102. The van der Waals surface area contributed by atoms with E-state index >= 15 is 0 Å². The summed E-state index contributed by atoms with van der Waals surface area (Å²) in [6, 6.07) is 18.6. The van der Waals surface area contributed by atoms with Gasteiger partial charge in [0.15, 0.2) is 0 Å². The molecule has 0 saturated carbocycles. The molecule has 3 rings (SSSR count). The van der Waals surface area contributed by atoms with E-state index in [-0.39, 0.29) is 5.56 Å². The van der Waals surface area contributed by atoms with Crippen LogP contribution in [-0.2, 0) is 0 Å². The van der Waals surface area contributed by atoms with Gasteiger partial charge in [-0.3, -0.25) is 9.59 Å². The number of nitrogens with one attached hydrogen (secondary N) is 2. The summed E-state index contributed by atoms with van der Waals surface area (Å²) in [4.78, 5) is 27.3. The molecule has 4 heteroatoms. The molecule has 0 aliphatic heterocycles. The molecule has 2 aromatic carbocycles. The molecule has 0 aliphatic rings. The Morgan fingerprint density at radius 2 is 1.67 bits per heavy atom. The predicted octanol–water partition coefficient (Wildman–Crippen LogP) is 3.91. The van der Waals surface area contributed by atoms with Gasteiger partial charge in [0.1, 0.15) is 5.56 Å². The van der Waals surface area contributed by atoms with E-state index in [1.54, 1.807) is 18.2 Å². The standard InChI is InChI=1S/C20H18N2O2/c1-13-6-8-15(9-7-13)18-11-10-17(20(24)22-18)19(23)21-16-5-3-4-14(2)12-16/h3-12H,1-2H3,(H,21,23)(H,22,24). The number of hydrogen-bond donors (Lipinski definition) is 2. The molecule has 0 unspecified atom stereocenters. The zero-order valence-electron chi connectivity index (χ0n) is 13.6. The molecule has 2 N–H and O–H groups in total. The molecular formula is C20H18N2O2. The number of carbonyl (C=O) groups is 1. The average Bonchev–Trinajstić information content (AvgIpc) is 2.55. The summed E-state index contributed by atoms with van der Waals surface area (Å²) in [7, 11) is 0. The van der Waals surface area contributed by atoms with Crippen LogP contribution in [0.4, 0.5) is 5.69 Å². The van der Waals surface area contributed by atoms with E-state index < -0.39 is 11.5 Å². The number of pyridine rings is 1. The Morgan fingerprint density at radius 1 is 0.917 bits per heavy atom. The summed E-state index contributed by atoms with van der Waals surface area (Å²) in [5.41, 5.74) is 4.13. The van der Waals surface area contributed by atoms with Gasteiger partial charge in [-0.2, -0.15) is 0 Å². The van der Waals surface area contributed by atoms with Crippen molar-refractivity contribution in [3.05, 3.63) is 87.7 Å². The van der Waals surface area contributed by atoms with Gasteiger partial charge in [-0.25, -0.2) is 0 Å². The Balaban J connectivity index is 1.85. The zero-order valence-corrected chi connectivity index (χ0v) is 13.6. The number of H-pyrrole nitrogens is 1. The van der Waals surface area contributed by atoms with Gasteiger partial charge in [0.25, 0.3) is 11.5 Å². The van der Waals surface area contributed by atoms with Crippen LogP contribution in [0.2, 0.25) is 0 Å². The minimum absolute atomic E-state index is 0.0902. The highest BCUT2D eigenvalue weighted by molar-refractivity contribution is 6.04. The van der Waals surface area contributed by atoms with Crippen molar-refractivity contribution < 1.29 is 4.79 Å². The Hall–Kier alpha value is -3.14. The highest BCUT2D eigenvalue weighted by atomic mass is 16.2. The number of aromatic amines is 1. The Bertz CT molecular complexity index is 940. The molecule has 0 saturated heterocycles. The van der Waals surface area contributed by atoms with Crippen molar-refractivity contribution in [2.24, 2.45) is 0 Å². The van der Waals surface area contributed by atoms with E-state index in [9.17, 15) is 9.59 Å².